The maximum atomic E-state index is 11.7. The van der Waals surface area contributed by atoms with Crippen LogP contribution in [0.25, 0.3) is 0 Å². The van der Waals surface area contributed by atoms with Crippen LogP contribution in [0.3, 0.4) is 0 Å². The smallest absolute Gasteiger partial charge is 0.422 e. The Hall–Kier alpha value is -1.35. The van der Waals surface area contributed by atoms with Crippen LogP contribution in [0.1, 0.15) is 32.4 Å². The Bertz CT molecular complexity index is 628. The van der Waals surface area contributed by atoms with E-state index in [1.807, 2.05) is 0 Å². The lowest BCUT2D eigenvalue weighted by Gasteiger charge is -2.20. The molecular formula is C13H19ClN2O5S. The van der Waals surface area contributed by atoms with Gasteiger partial charge in [-0.05, 0) is 26.8 Å². The maximum Gasteiger partial charge on any atom is 0.422 e. The second-order valence-electron chi connectivity index (χ2n) is 5.49. The standard InChI is InChI=1S/C13H19ClN2O5S/c1-13(2,3)21-12(18)16-22(19,20)15-8-11(17)9-6-4-5-7-10(9)14/h4-7,11,15,17H,8H2,1-3H3,(H,16,18). The van der Waals surface area contributed by atoms with E-state index in [-0.39, 0.29) is 6.54 Å². The molecule has 0 heterocycles. The average Bonchev–Trinajstić information content (AvgIpc) is 2.33. The molecule has 7 nitrogen and oxygen atoms in total. The SMILES string of the molecule is CC(C)(C)OC(=O)NS(=O)(=O)NCC(O)c1ccccc1Cl. The number of hydrogen-bond acceptors (Lipinski definition) is 5. The van der Waals surface area contributed by atoms with Crippen LogP contribution in [0, 0.1) is 0 Å². The first kappa shape index (κ1) is 18.7. The third kappa shape index (κ3) is 6.61. The fraction of sp³-hybridized carbons (Fsp3) is 0.462. The minimum atomic E-state index is -4.15. The van der Waals surface area contributed by atoms with E-state index in [1.54, 1.807) is 49.8 Å². The largest absolute Gasteiger partial charge is 0.443 e. The topological polar surface area (TPSA) is 105 Å². The second kappa shape index (κ2) is 7.28. The molecule has 1 rings (SSSR count). The third-order valence-corrected chi connectivity index (χ3v) is 3.67. The predicted molar refractivity (Wildman–Crippen MR) is 82.7 cm³/mol. The molecule has 0 aliphatic rings. The molecule has 0 saturated carbocycles. The van der Waals surface area contributed by atoms with Crippen molar-refractivity contribution in [3.05, 3.63) is 34.9 Å². The van der Waals surface area contributed by atoms with Crippen molar-refractivity contribution in [1.29, 1.82) is 0 Å². The number of benzene rings is 1. The molecule has 0 saturated heterocycles. The molecule has 0 aromatic heterocycles. The number of aliphatic hydroxyl groups is 1. The second-order valence-corrected chi connectivity index (χ2v) is 7.40. The van der Waals surface area contributed by atoms with Gasteiger partial charge in [0.05, 0.1) is 6.10 Å². The van der Waals surface area contributed by atoms with Crippen molar-refractivity contribution in [2.75, 3.05) is 6.54 Å². The molecule has 1 aromatic rings. The summed E-state index contributed by atoms with van der Waals surface area (Å²) >= 11 is 5.90. The Morgan fingerprint density at radius 3 is 2.50 bits per heavy atom. The summed E-state index contributed by atoms with van der Waals surface area (Å²) in [4.78, 5) is 11.4. The number of carbonyl (C=O) groups excluding carboxylic acids is 1. The molecule has 0 aliphatic carbocycles. The van der Waals surface area contributed by atoms with E-state index in [4.69, 9.17) is 16.3 Å². The quantitative estimate of drug-likeness (QED) is 0.750. The van der Waals surface area contributed by atoms with Crippen LogP contribution in [0.5, 0.6) is 0 Å². The van der Waals surface area contributed by atoms with E-state index in [2.05, 4.69) is 4.72 Å². The molecule has 0 aliphatic heterocycles. The van der Waals surface area contributed by atoms with Gasteiger partial charge in [0.2, 0.25) is 0 Å². The number of ether oxygens (including phenoxy) is 1. The van der Waals surface area contributed by atoms with Gasteiger partial charge in [0, 0.05) is 17.1 Å². The monoisotopic (exact) mass is 350 g/mol. The molecular weight excluding hydrogens is 332 g/mol. The molecule has 3 N–H and O–H groups in total. The van der Waals surface area contributed by atoms with Gasteiger partial charge in [0.15, 0.2) is 0 Å². The summed E-state index contributed by atoms with van der Waals surface area (Å²) < 4.78 is 31.9. The number of aliphatic hydroxyl groups excluding tert-OH is 1. The Kier molecular flexibility index (Phi) is 6.18. The first-order chi connectivity index (χ1) is 10.0. The van der Waals surface area contributed by atoms with E-state index in [0.29, 0.717) is 10.6 Å². The molecule has 22 heavy (non-hydrogen) atoms. The van der Waals surface area contributed by atoms with Gasteiger partial charge >= 0.3 is 16.3 Å². The maximum absolute atomic E-state index is 11.7. The van der Waals surface area contributed by atoms with Gasteiger partial charge in [0.1, 0.15) is 5.60 Å². The summed E-state index contributed by atoms with van der Waals surface area (Å²) in [7, 11) is -4.15. The molecule has 9 heteroatoms. The summed E-state index contributed by atoms with van der Waals surface area (Å²) in [6.45, 7) is 4.47. The summed E-state index contributed by atoms with van der Waals surface area (Å²) in [5.74, 6) is 0. The summed E-state index contributed by atoms with van der Waals surface area (Å²) in [6.07, 6.45) is -2.25. The van der Waals surface area contributed by atoms with Gasteiger partial charge in [-0.1, -0.05) is 29.8 Å². The molecule has 1 unspecified atom stereocenters. The van der Waals surface area contributed by atoms with Gasteiger partial charge < -0.3 is 9.84 Å². The molecule has 1 amide bonds. The normalized spacial score (nSPS) is 13.5. The third-order valence-electron chi connectivity index (χ3n) is 2.35. The van der Waals surface area contributed by atoms with Crippen molar-refractivity contribution in [3.63, 3.8) is 0 Å². The summed E-state index contributed by atoms with van der Waals surface area (Å²) in [5.41, 5.74) is -0.444. The highest BCUT2D eigenvalue weighted by Crippen LogP contribution is 2.21. The van der Waals surface area contributed by atoms with Crippen LogP contribution in [-0.4, -0.2) is 31.8 Å². The first-order valence-electron chi connectivity index (χ1n) is 6.43. The molecule has 0 bridgehead atoms. The average molecular weight is 351 g/mol. The Balaban J connectivity index is 2.59. The van der Waals surface area contributed by atoms with Crippen molar-refractivity contribution in [2.45, 2.75) is 32.5 Å². The number of rotatable bonds is 5. The van der Waals surface area contributed by atoms with Crippen LogP contribution in [0.4, 0.5) is 4.79 Å². The minimum absolute atomic E-state index is 0.314. The highest BCUT2D eigenvalue weighted by molar-refractivity contribution is 7.88. The fourth-order valence-corrected chi connectivity index (χ4v) is 2.46. The lowest BCUT2D eigenvalue weighted by atomic mass is 10.1. The van der Waals surface area contributed by atoms with Crippen molar-refractivity contribution in [3.8, 4) is 0 Å². The zero-order valence-electron chi connectivity index (χ0n) is 12.5. The van der Waals surface area contributed by atoms with Crippen molar-refractivity contribution >= 4 is 27.9 Å². The van der Waals surface area contributed by atoms with Crippen LogP contribution < -0.4 is 9.44 Å². The van der Waals surface area contributed by atoms with E-state index < -0.39 is 28.0 Å². The molecule has 124 valence electrons. The molecule has 0 radical (unpaired) electrons. The number of nitrogens with one attached hydrogen (secondary N) is 2. The molecule has 1 aromatic carbocycles. The summed E-state index contributed by atoms with van der Waals surface area (Å²) in [5, 5.41) is 10.2. The number of carbonyl (C=O) groups is 1. The van der Waals surface area contributed by atoms with Crippen molar-refractivity contribution < 1.29 is 23.1 Å². The first-order valence-corrected chi connectivity index (χ1v) is 8.29. The Labute approximate surface area is 134 Å². The van der Waals surface area contributed by atoms with Crippen LogP contribution in [-0.2, 0) is 14.9 Å². The lowest BCUT2D eigenvalue weighted by Crippen LogP contribution is -2.44. The zero-order valence-corrected chi connectivity index (χ0v) is 14.0. The summed E-state index contributed by atoms with van der Waals surface area (Å²) in [6, 6.07) is 6.50. The Morgan fingerprint density at radius 1 is 1.36 bits per heavy atom. The van der Waals surface area contributed by atoms with E-state index >= 15 is 0 Å². The van der Waals surface area contributed by atoms with Crippen LogP contribution >= 0.6 is 11.6 Å². The molecule has 0 spiro atoms. The van der Waals surface area contributed by atoms with Crippen LogP contribution in [0.2, 0.25) is 5.02 Å². The molecule has 1 atom stereocenters. The van der Waals surface area contributed by atoms with Gasteiger partial charge in [-0.25, -0.2) is 9.52 Å². The Morgan fingerprint density at radius 2 is 1.95 bits per heavy atom. The number of amides is 1. The lowest BCUT2D eigenvalue weighted by molar-refractivity contribution is 0.0569. The highest BCUT2D eigenvalue weighted by Gasteiger charge is 2.22. The molecule has 0 fully saturated rings. The van der Waals surface area contributed by atoms with Crippen molar-refractivity contribution in [1.82, 2.24) is 9.44 Å². The van der Waals surface area contributed by atoms with Gasteiger partial charge in [-0.15, -0.1) is 0 Å². The van der Waals surface area contributed by atoms with Gasteiger partial charge in [-0.2, -0.15) is 13.1 Å². The van der Waals surface area contributed by atoms with E-state index in [0.717, 1.165) is 0 Å². The van der Waals surface area contributed by atoms with E-state index in [1.165, 1.54) is 0 Å². The zero-order chi connectivity index (χ0) is 17.0. The van der Waals surface area contributed by atoms with Gasteiger partial charge in [0.25, 0.3) is 0 Å². The van der Waals surface area contributed by atoms with Gasteiger partial charge in [-0.3, -0.25) is 0 Å². The van der Waals surface area contributed by atoms with Crippen molar-refractivity contribution in [2.24, 2.45) is 0 Å². The number of halogens is 1. The predicted octanol–water partition coefficient (Wildman–Crippen LogP) is 1.73. The highest BCUT2D eigenvalue weighted by atomic mass is 35.5. The fourth-order valence-electron chi connectivity index (χ4n) is 1.49. The van der Waals surface area contributed by atoms with E-state index in [9.17, 15) is 18.3 Å². The number of hydrogen-bond donors (Lipinski definition) is 3. The van der Waals surface area contributed by atoms with Crippen LogP contribution in [0.15, 0.2) is 24.3 Å². The minimum Gasteiger partial charge on any atom is -0.443 e.